The van der Waals surface area contributed by atoms with Crippen LogP contribution in [0.25, 0.3) is 0 Å². The molecule has 1 aromatic rings. The molecule has 0 aromatic heterocycles. The molecule has 1 aromatic carbocycles. The second kappa shape index (κ2) is 4.23. The highest BCUT2D eigenvalue weighted by Crippen LogP contribution is 2.38. The summed E-state index contributed by atoms with van der Waals surface area (Å²) in [4.78, 5) is 14.3. The third-order valence-corrected chi connectivity index (χ3v) is 4.37. The predicted molar refractivity (Wildman–Crippen MR) is 77.5 cm³/mol. The predicted octanol–water partition coefficient (Wildman–Crippen LogP) is 2.28. The molecular formula is C15H21N3O. The molecule has 2 aliphatic rings. The number of hydrogen-bond acceptors (Lipinski definition) is 3. The van der Waals surface area contributed by atoms with Crippen molar-refractivity contribution in [3.05, 3.63) is 23.8 Å². The lowest BCUT2D eigenvalue weighted by molar-refractivity contribution is -0.117. The molecule has 1 atom stereocenters. The summed E-state index contributed by atoms with van der Waals surface area (Å²) < 4.78 is 0. The Hall–Kier alpha value is -1.55. The van der Waals surface area contributed by atoms with Gasteiger partial charge in [0.2, 0.25) is 5.91 Å². The molecule has 1 amide bonds. The lowest BCUT2D eigenvalue weighted by Crippen LogP contribution is -2.38. The molecule has 0 radical (unpaired) electrons. The maximum Gasteiger partial charge on any atom is 0.246 e. The summed E-state index contributed by atoms with van der Waals surface area (Å²) in [5, 5.41) is 6.01. The van der Waals surface area contributed by atoms with Gasteiger partial charge in [0.15, 0.2) is 0 Å². The van der Waals surface area contributed by atoms with Gasteiger partial charge in [0.05, 0.1) is 0 Å². The van der Waals surface area contributed by atoms with E-state index in [1.807, 2.05) is 7.05 Å². The summed E-state index contributed by atoms with van der Waals surface area (Å²) in [5.74, 6) is 0.0373. The number of nitrogens with one attached hydrogen (secondary N) is 2. The molecule has 0 spiro atoms. The topological polar surface area (TPSA) is 44.4 Å². The Morgan fingerprint density at radius 2 is 2.21 bits per heavy atom. The molecule has 0 bridgehead atoms. The van der Waals surface area contributed by atoms with Crippen LogP contribution in [0.5, 0.6) is 0 Å². The molecule has 1 saturated heterocycles. The van der Waals surface area contributed by atoms with Crippen LogP contribution in [0.2, 0.25) is 0 Å². The van der Waals surface area contributed by atoms with Gasteiger partial charge in [0, 0.05) is 29.0 Å². The Morgan fingerprint density at radius 3 is 2.84 bits per heavy atom. The standard InChI is InChI=1S/C15H21N3O/c1-15(2)7-4-8-18(15)10-5-6-11-12(9-10)17-14(19)13(11)16-3/h5-6,9,13,16H,4,7-8H2,1-3H3,(H,17,19). The molecule has 19 heavy (non-hydrogen) atoms. The van der Waals surface area contributed by atoms with Gasteiger partial charge in [-0.05, 0) is 45.9 Å². The average molecular weight is 259 g/mol. The SMILES string of the molecule is CNC1C(=O)Nc2cc(N3CCCC3(C)C)ccc21. The third kappa shape index (κ3) is 1.91. The minimum atomic E-state index is -0.212. The highest BCUT2D eigenvalue weighted by molar-refractivity contribution is 6.03. The molecule has 0 saturated carbocycles. The normalized spacial score (nSPS) is 24.5. The number of carbonyl (C=O) groups excluding carboxylic acids is 1. The highest BCUT2D eigenvalue weighted by atomic mass is 16.2. The Morgan fingerprint density at radius 1 is 1.42 bits per heavy atom. The van der Waals surface area contributed by atoms with Gasteiger partial charge in [-0.25, -0.2) is 0 Å². The first-order valence-electron chi connectivity index (χ1n) is 6.93. The van der Waals surface area contributed by atoms with Crippen molar-refractivity contribution in [3.63, 3.8) is 0 Å². The van der Waals surface area contributed by atoms with E-state index in [4.69, 9.17) is 0 Å². The fourth-order valence-electron chi connectivity index (χ4n) is 3.29. The second-order valence-corrected chi connectivity index (χ2v) is 6.05. The summed E-state index contributed by atoms with van der Waals surface area (Å²) in [7, 11) is 1.82. The van der Waals surface area contributed by atoms with E-state index in [1.54, 1.807) is 0 Å². The molecule has 2 aliphatic heterocycles. The number of amides is 1. The van der Waals surface area contributed by atoms with E-state index in [1.165, 1.54) is 18.5 Å². The van der Waals surface area contributed by atoms with Crippen LogP contribution in [-0.4, -0.2) is 25.0 Å². The van der Waals surface area contributed by atoms with Crippen molar-refractivity contribution in [3.8, 4) is 0 Å². The first-order chi connectivity index (χ1) is 9.03. The van der Waals surface area contributed by atoms with Gasteiger partial charge in [-0.1, -0.05) is 6.07 Å². The largest absolute Gasteiger partial charge is 0.366 e. The van der Waals surface area contributed by atoms with Crippen molar-refractivity contribution in [2.45, 2.75) is 38.3 Å². The van der Waals surface area contributed by atoms with Crippen molar-refractivity contribution >= 4 is 17.3 Å². The molecule has 1 fully saturated rings. The van der Waals surface area contributed by atoms with Gasteiger partial charge in [-0.2, -0.15) is 0 Å². The van der Waals surface area contributed by atoms with E-state index < -0.39 is 0 Å². The van der Waals surface area contributed by atoms with Gasteiger partial charge >= 0.3 is 0 Å². The average Bonchev–Trinajstić information content (AvgIpc) is 2.86. The molecular weight excluding hydrogens is 238 g/mol. The van der Waals surface area contributed by atoms with Crippen molar-refractivity contribution in [1.29, 1.82) is 0 Å². The molecule has 2 heterocycles. The summed E-state index contributed by atoms with van der Waals surface area (Å²) >= 11 is 0. The van der Waals surface area contributed by atoms with Crippen LogP contribution in [0.4, 0.5) is 11.4 Å². The van der Waals surface area contributed by atoms with E-state index in [0.29, 0.717) is 0 Å². The zero-order chi connectivity index (χ0) is 13.6. The number of carbonyl (C=O) groups is 1. The van der Waals surface area contributed by atoms with Crippen molar-refractivity contribution in [2.75, 3.05) is 23.8 Å². The quantitative estimate of drug-likeness (QED) is 0.856. The molecule has 102 valence electrons. The minimum absolute atomic E-state index is 0.0373. The highest BCUT2D eigenvalue weighted by Gasteiger charge is 2.34. The fourth-order valence-corrected chi connectivity index (χ4v) is 3.29. The van der Waals surface area contributed by atoms with Crippen molar-refractivity contribution < 1.29 is 4.79 Å². The third-order valence-electron chi connectivity index (χ3n) is 4.37. The van der Waals surface area contributed by atoms with Crippen LogP contribution in [0.15, 0.2) is 18.2 Å². The molecule has 2 N–H and O–H groups in total. The van der Waals surface area contributed by atoms with Gasteiger partial charge in [-0.3, -0.25) is 4.79 Å². The first-order valence-corrected chi connectivity index (χ1v) is 6.93. The van der Waals surface area contributed by atoms with Gasteiger partial charge in [0.25, 0.3) is 0 Å². The van der Waals surface area contributed by atoms with E-state index in [-0.39, 0.29) is 17.5 Å². The van der Waals surface area contributed by atoms with Crippen LogP contribution in [0.3, 0.4) is 0 Å². The zero-order valence-corrected chi connectivity index (χ0v) is 11.8. The molecule has 3 rings (SSSR count). The van der Waals surface area contributed by atoms with Crippen LogP contribution in [0, 0.1) is 0 Å². The smallest absolute Gasteiger partial charge is 0.246 e. The summed E-state index contributed by atoms with van der Waals surface area (Å²) in [6.07, 6.45) is 2.45. The lowest BCUT2D eigenvalue weighted by Gasteiger charge is -2.34. The summed E-state index contributed by atoms with van der Waals surface area (Å²) in [6, 6.07) is 6.10. The van der Waals surface area contributed by atoms with Crippen LogP contribution in [0.1, 0.15) is 38.3 Å². The minimum Gasteiger partial charge on any atom is -0.366 e. The number of fused-ring (bicyclic) bond motifs is 1. The van der Waals surface area contributed by atoms with E-state index in [2.05, 4.69) is 47.6 Å². The number of benzene rings is 1. The van der Waals surface area contributed by atoms with Crippen LogP contribution >= 0.6 is 0 Å². The van der Waals surface area contributed by atoms with E-state index in [0.717, 1.165) is 17.8 Å². The molecule has 0 aliphatic carbocycles. The monoisotopic (exact) mass is 259 g/mol. The number of likely N-dealkylation sites (N-methyl/N-ethyl adjacent to an activating group) is 1. The maximum atomic E-state index is 11.8. The van der Waals surface area contributed by atoms with Crippen molar-refractivity contribution in [1.82, 2.24) is 5.32 Å². The summed E-state index contributed by atoms with van der Waals surface area (Å²) in [5.41, 5.74) is 3.41. The number of hydrogen-bond donors (Lipinski definition) is 2. The van der Waals surface area contributed by atoms with Gasteiger partial charge in [-0.15, -0.1) is 0 Å². The first kappa shape index (κ1) is 12.5. The van der Waals surface area contributed by atoms with Crippen LogP contribution < -0.4 is 15.5 Å². The van der Waals surface area contributed by atoms with E-state index in [9.17, 15) is 4.79 Å². The molecule has 1 unspecified atom stereocenters. The molecule has 4 nitrogen and oxygen atoms in total. The number of anilines is 2. The second-order valence-electron chi connectivity index (χ2n) is 6.05. The number of nitrogens with zero attached hydrogens (tertiary/aromatic N) is 1. The lowest BCUT2D eigenvalue weighted by atomic mass is 10.0. The Kier molecular flexibility index (Phi) is 2.78. The Balaban J connectivity index is 1.96. The maximum absolute atomic E-state index is 11.8. The molecule has 4 heteroatoms. The van der Waals surface area contributed by atoms with E-state index >= 15 is 0 Å². The van der Waals surface area contributed by atoms with Crippen LogP contribution in [-0.2, 0) is 4.79 Å². The Bertz CT molecular complexity index is 524. The Labute approximate surface area is 114 Å². The fraction of sp³-hybridized carbons (Fsp3) is 0.533. The zero-order valence-electron chi connectivity index (χ0n) is 11.8. The van der Waals surface area contributed by atoms with Gasteiger partial charge in [0.1, 0.15) is 6.04 Å². The summed E-state index contributed by atoms with van der Waals surface area (Å²) in [6.45, 7) is 5.65. The number of rotatable bonds is 2. The van der Waals surface area contributed by atoms with Gasteiger partial charge < -0.3 is 15.5 Å². The van der Waals surface area contributed by atoms with Crippen molar-refractivity contribution in [2.24, 2.45) is 0 Å².